The lowest BCUT2D eigenvalue weighted by Crippen LogP contribution is -2.68. The number of hydrogen-bond donors (Lipinski definition) is 1. The van der Waals surface area contributed by atoms with Crippen LogP contribution >= 0.6 is 0 Å². The number of carboxylic acids is 1. The fourth-order valence-electron chi connectivity index (χ4n) is 13.1. The Hall–Kier alpha value is -2.37. The van der Waals surface area contributed by atoms with Crippen LogP contribution in [0, 0.1) is 56.2 Å². The maximum absolute atomic E-state index is 13.5. The van der Waals surface area contributed by atoms with Crippen molar-refractivity contribution in [2.24, 2.45) is 56.2 Å². The van der Waals surface area contributed by atoms with Crippen LogP contribution in [-0.2, 0) is 14.3 Å². The molecule has 6 aliphatic rings. The number of ether oxygens (including phenoxy) is 2. The molecule has 2 bridgehead atoms. The zero-order valence-electron chi connectivity index (χ0n) is 27.8. The minimum absolute atomic E-state index is 0.00876. The first kappa shape index (κ1) is 30.3. The van der Waals surface area contributed by atoms with Crippen LogP contribution in [0.2, 0.25) is 0 Å². The molecule has 1 aromatic rings. The zero-order valence-corrected chi connectivity index (χ0v) is 27.8. The summed E-state index contributed by atoms with van der Waals surface area (Å²) in [7, 11) is 0. The predicted molar refractivity (Wildman–Crippen MR) is 167 cm³/mol. The second-order valence-electron chi connectivity index (χ2n) is 17.8. The molecule has 7 rings (SSSR count). The van der Waals surface area contributed by atoms with E-state index in [4.69, 9.17) is 9.47 Å². The first-order valence-corrected chi connectivity index (χ1v) is 17.3. The smallest absolute Gasteiger partial charge is 0.339 e. The van der Waals surface area contributed by atoms with Crippen LogP contribution in [-0.4, -0.2) is 35.2 Å². The van der Waals surface area contributed by atoms with Gasteiger partial charge in [-0.15, -0.1) is 0 Å². The Morgan fingerprint density at radius 2 is 1.48 bits per heavy atom. The quantitative estimate of drug-likeness (QED) is 0.349. The van der Waals surface area contributed by atoms with E-state index >= 15 is 0 Å². The summed E-state index contributed by atoms with van der Waals surface area (Å²) in [5, 5.41) is 9.65. The minimum Gasteiger partial charge on any atom is -0.478 e. The molecular weight excluding hydrogens is 552 g/mol. The Kier molecular flexibility index (Phi) is 6.43. The summed E-state index contributed by atoms with van der Waals surface area (Å²) >= 11 is 0. The molecule has 6 heteroatoms. The number of carboxylic acid groups (broad SMARTS) is 1. The van der Waals surface area contributed by atoms with Gasteiger partial charge in [0.25, 0.3) is 0 Å². The summed E-state index contributed by atoms with van der Waals surface area (Å²) in [5.74, 6) is 0.269. The van der Waals surface area contributed by atoms with Gasteiger partial charge in [-0.25, -0.2) is 9.59 Å². The van der Waals surface area contributed by atoms with Gasteiger partial charge in [0.05, 0.1) is 16.5 Å². The van der Waals surface area contributed by atoms with Crippen molar-refractivity contribution in [3.8, 4) is 0 Å². The van der Waals surface area contributed by atoms with Gasteiger partial charge in [-0.1, -0.05) is 60.6 Å². The third-order valence-corrected chi connectivity index (χ3v) is 15.6. The third-order valence-electron chi connectivity index (χ3n) is 15.6. The molecule has 1 heterocycles. The van der Waals surface area contributed by atoms with Crippen LogP contribution in [0.15, 0.2) is 24.3 Å². The van der Waals surface area contributed by atoms with Gasteiger partial charge in [0.2, 0.25) is 0 Å². The summed E-state index contributed by atoms with van der Waals surface area (Å²) in [6.45, 7) is 16.9. The maximum atomic E-state index is 13.5. The number of benzene rings is 1. The average Bonchev–Trinajstić information content (AvgIpc) is 3.22. The molecule has 5 aliphatic carbocycles. The highest BCUT2D eigenvalue weighted by Crippen LogP contribution is 2.78. The van der Waals surface area contributed by atoms with Crippen LogP contribution in [0.25, 0.3) is 0 Å². The van der Waals surface area contributed by atoms with Crippen molar-refractivity contribution in [2.45, 2.75) is 125 Å². The molecule has 1 saturated heterocycles. The first-order valence-electron chi connectivity index (χ1n) is 17.3. The lowest BCUT2D eigenvalue weighted by molar-refractivity contribution is -0.252. The largest absolute Gasteiger partial charge is 0.478 e. The van der Waals surface area contributed by atoms with Crippen molar-refractivity contribution in [3.63, 3.8) is 0 Å². The molecular formula is C38H52O6. The van der Waals surface area contributed by atoms with E-state index in [1.165, 1.54) is 18.9 Å². The predicted octanol–water partition coefficient (Wildman–Crippen LogP) is 8.33. The van der Waals surface area contributed by atoms with Gasteiger partial charge in [-0.3, -0.25) is 4.79 Å². The van der Waals surface area contributed by atoms with Gasteiger partial charge in [-0.05, 0) is 110 Å². The van der Waals surface area contributed by atoms with E-state index in [2.05, 4.69) is 48.5 Å². The van der Waals surface area contributed by atoms with Gasteiger partial charge >= 0.3 is 17.9 Å². The molecule has 10 unspecified atom stereocenters. The van der Waals surface area contributed by atoms with Crippen molar-refractivity contribution < 1.29 is 29.0 Å². The van der Waals surface area contributed by atoms with Crippen molar-refractivity contribution in [1.29, 1.82) is 0 Å². The lowest BCUT2D eigenvalue weighted by atomic mass is 9.31. The second kappa shape index (κ2) is 9.35. The molecule has 5 saturated carbocycles. The number of fused-ring (bicyclic) bond motifs is 5. The van der Waals surface area contributed by atoms with Crippen LogP contribution in [0.1, 0.15) is 133 Å². The summed E-state index contributed by atoms with van der Waals surface area (Å²) in [4.78, 5) is 38.7. The highest BCUT2D eigenvalue weighted by atomic mass is 16.6. The normalized spacial score (nSPS) is 46.4. The Labute approximate surface area is 263 Å². The monoisotopic (exact) mass is 604 g/mol. The van der Waals surface area contributed by atoms with Crippen molar-refractivity contribution >= 4 is 17.9 Å². The summed E-state index contributed by atoms with van der Waals surface area (Å²) in [6, 6.07) is 6.36. The van der Waals surface area contributed by atoms with E-state index in [1.54, 1.807) is 18.2 Å². The Bertz CT molecular complexity index is 1410. The molecule has 1 N–H and O–H groups in total. The van der Waals surface area contributed by atoms with Gasteiger partial charge in [0, 0.05) is 16.7 Å². The van der Waals surface area contributed by atoms with E-state index in [0.717, 1.165) is 51.4 Å². The fourth-order valence-corrected chi connectivity index (χ4v) is 13.1. The number of hydrogen-bond acceptors (Lipinski definition) is 5. The van der Waals surface area contributed by atoms with E-state index in [1.807, 2.05) is 0 Å². The van der Waals surface area contributed by atoms with Crippen LogP contribution in [0.5, 0.6) is 0 Å². The van der Waals surface area contributed by atoms with Crippen molar-refractivity contribution in [2.75, 3.05) is 0 Å². The van der Waals surface area contributed by atoms with Gasteiger partial charge in [-0.2, -0.15) is 0 Å². The summed E-state index contributed by atoms with van der Waals surface area (Å²) in [6.07, 6.45) is 10.3. The molecule has 44 heavy (non-hydrogen) atoms. The van der Waals surface area contributed by atoms with Gasteiger partial charge < -0.3 is 14.6 Å². The maximum Gasteiger partial charge on any atom is 0.339 e. The molecule has 0 spiro atoms. The summed E-state index contributed by atoms with van der Waals surface area (Å²) in [5.41, 5.74) is 0.109. The van der Waals surface area contributed by atoms with Crippen molar-refractivity contribution in [1.82, 2.24) is 0 Å². The molecule has 1 aromatic carbocycles. The molecule has 6 fully saturated rings. The lowest BCUT2D eigenvalue weighted by Gasteiger charge is -2.73. The van der Waals surface area contributed by atoms with E-state index < -0.39 is 11.9 Å². The van der Waals surface area contributed by atoms with E-state index in [-0.39, 0.29) is 61.8 Å². The molecule has 10 atom stereocenters. The Morgan fingerprint density at radius 3 is 2.18 bits per heavy atom. The molecule has 1 aliphatic heterocycles. The third kappa shape index (κ3) is 3.69. The number of carbonyl (C=O) groups excluding carboxylic acids is 2. The highest BCUT2D eigenvalue weighted by Gasteiger charge is 2.75. The standard InChI is InChI=1S/C38H52O6/c1-33(2)18-20-38-21-19-36(6)24(28(38)29(33)44-32(38)42)12-13-26-35(5)16-15-27(34(3,4)25(35)14-17-37(26,36)7)43-31(41)23-11-9-8-10-22(23)30(39)40/h8-11,24-29H,12-21H2,1-7H3,(H,39,40). The molecule has 0 radical (unpaired) electrons. The number of rotatable bonds is 3. The minimum atomic E-state index is -1.11. The Morgan fingerprint density at radius 1 is 0.795 bits per heavy atom. The topological polar surface area (TPSA) is 89.9 Å². The average molecular weight is 605 g/mol. The summed E-state index contributed by atoms with van der Waals surface area (Å²) < 4.78 is 12.5. The second-order valence-corrected chi connectivity index (χ2v) is 17.8. The highest BCUT2D eigenvalue weighted by molar-refractivity contribution is 6.02. The molecule has 0 aromatic heterocycles. The zero-order chi connectivity index (χ0) is 31.7. The first-order chi connectivity index (χ1) is 20.5. The molecule has 0 amide bonds. The van der Waals surface area contributed by atoms with Gasteiger partial charge in [0.15, 0.2) is 0 Å². The van der Waals surface area contributed by atoms with Crippen LogP contribution < -0.4 is 0 Å². The number of esters is 2. The van der Waals surface area contributed by atoms with Crippen LogP contribution in [0.3, 0.4) is 0 Å². The van der Waals surface area contributed by atoms with Crippen molar-refractivity contribution in [3.05, 3.63) is 35.4 Å². The van der Waals surface area contributed by atoms with Gasteiger partial charge in [0.1, 0.15) is 12.2 Å². The Balaban J connectivity index is 1.17. The number of aromatic carboxylic acids is 1. The molecule has 6 nitrogen and oxygen atoms in total. The van der Waals surface area contributed by atoms with E-state index in [9.17, 15) is 19.5 Å². The van der Waals surface area contributed by atoms with E-state index in [0.29, 0.717) is 23.7 Å². The van der Waals surface area contributed by atoms with Crippen LogP contribution in [0.4, 0.5) is 0 Å². The fraction of sp³-hybridized carbons (Fsp3) is 0.763. The number of carbonyl (C=O) groups is 3. The SMILES string of the molecule is CC1(C)CCC23CCC4(C)C(CCC5C6(C)CCC(OC(=O)c7ccccc7C(=O)O)C(C)(C)C6CCC54C)C2C1OC3=O. The molecule has 240 valence electrons.